The number of nitrogens with zero attached hydrogens (tertiary/aromatic N) is 2. The molecule has 0 fully saturated rings. The average Bonchev–Trinajstić information content (AvgIpc) is 2.84. The average molecular weight is 478 g/mol. The van der Waals surface area contributed by atoms with Crippen molar-refractivity contribution in [3.05, 3.63) is 94.8 Å². The molecule has 3 aromatic rings. The van der Waals surface area contributed by atoms with E-state index < -0.39 is 0 Å². The summed E-state index contributed by atoms with van der Waals surface area (Å²) in [6.07, 6.45) is 4.11. The van der Waals surface area contributed by atoms with E-state index in [1.165, 1.54) is 0 Å². The van der Waals surface area contributed by atoms with Crippen LogP contribution in [0.15, 0.2) is 78.1 Å². The van der Waals surface area contributed by atoms with Crippen LogP contribution in [0.1, 0.15) is 34.8 Å². The van der Waals surface area contributed by atoms with Crippen molar-refractivity contribution < 1.29 is 9.90 Å². The van der Waals surface area contributed by atoms with Crippen molar-refractivity contribution in [2.24, 2.45) is 10.7 Å². The molecular formula is C26H28ClN5O2. The number of nitrogens with two attached hydrogens (primary N) is 1. The molecule has 1 amide bonds. The van der Waals surface area contributed by atoms with Gasteiger partial charge in [-0.3, -0.25) is 14.8 Å². The van der Waals surface area contributed by atoms with Gasteiger partial charge in [0.25, 0.3) is 5.91 Å². The van der Waals surface area contributed by atoms with E-state index in [9.17, 15) is 4.79 Å². The topological polar surface area (TPSA) is 113 Å². The summed E-state index contributed by atoms with van der Waals surface area (Å²) in [5, 5.41) is 16.2. The second kappa shape index (κ2) is 12.0. The van der Waals surface area contributed by atoms with Crippen LogP contribution in [0, 0.1) is 0 Å². The van der Waals surface area contributed by atoms with Gasteiger partial charge in [-0.05, 0) is 54.8 Å². The number of amidine groups is 1. The van der Waals surface area contributed by atoms with Gasteiger partial charge in [-0.1, -0.05) is 42.5 Å². The molecule has 0 atom stereocenters. The number of hydrogen-bond donors (Lipinski definition) is 4. The summed E-state index contributed by atoms with van der Waals surface area (Å²) in [6, 6.07) is 15.1. The normalized spacial score (nSPS) is 12.0. The maximum absolute atomic E-state index is 12.3. The van der Waals surface area contributed by atoms with Crippen LogP contribution in [-0.2, 0) is 6.54 Å². The molecule has 7 nitrogen and oxygen atoms in total. The van der Waals surface area contributed by atoms with E-state index in [-0.39, 0.29) is 12.5 Å². The Hall–Kier alpha value is -3.68. The number of nitrogens with one attached hydrogen (secondary N) is 2. The van der Waals surface area contributed by atoms with Crippen LogP contribution >= 0.6 is 11.6 Å². The lowest BCUT2D eigenvalue weighted by molar-refractivity contribution is 0.0951. The predicted molar refractivity (Wildman–Crippen MR) is 138 cm³/mol. The van der Waals surface area contributed by atoms with Crippen LogP contribution < -0.4 is 16.4 Å². The van der Waals surface area contributed by atoms with Crippen molar-refractivity contribution in [1.29, 1.82) is 0 Å². The van der Waals surface area contributed by atoms with Gasteiger partial charge in [-0.25, -0.2) is 0 Å². The number of amides is 1. The number of aromatic nitrogens is 1. The van der Waals surface area contributed by atoms with E-state index >= 15 is 0 Å². The number of fused-ring (bicyclic) bond motifs is 1. The van der Waals surface area contributed by atoms with Crippen molar-refractivity contribution in [2.45, 2.75) is 19.9 Å². The maximum Gasteiger partial charge on any atom is 0.252 e. The van der Waals surface area contributed by atoms with Crippen LogP contribution in [0.25, 0.3) is 16.6 Å². The molecule has 176 valence electrons. The van der Waals surface area contributed by atoms with Crippen LogP contribution in [0.4, 0.5) is 0 Å². The van der Waals surface area contributed by atoms with E-state index in [2.05, 4.69) is 27.2 Å². The minimum absolute atomic E-state index is 0.0116. The quantitative estimate of drug-likeness (QED) is 0.211. The molecular weight excluding hydrogens is 450 g/mol. The van der Waals surface area contributed by atoms with Gasteiger partial charge in [0.15, 0.2) is 0 Å². The second-order valence-corrected chi connectivity index (χ2v) is 7.98. The molecule has 2 aromatic carbocycles. The molecule has 0 aliphatic rings. The predicted octanol–water partition coefficient (Wildman–Crippen LogP) is 4.02. The van der Waals surface area contributed by atoms with Crippen molar-refractivity contribution in [3.63, 3.8) is 0 Å². The molecule has 1 aromatic heterocycles. The van der Waals surface area contributed by atoms with Crippen molar-refractivity contribution >= 4 is 39.9 Å². The molecule has 0 saturated carbocycles. The molecule has 0 aliphatic heterocycles. The highest BCUT2D eigenvalue weighted by atomic mass is 35.5. The zero-order valence-electron chi connectivity index (χ0n) is 19.0. The number of aliphatic imine (C=N–C) groups is 1. The third-order valence-electron chi connectivity index (χ3n) is 5.08. The van der Waals surface area contributed by atoms with Gasteiger partial charge < -0.3 is 21.5 Å². The van der Waals surface area contributed by atoms with Crippen molar-refractivity contribution in [2.75, 3.05) is 13.2 Å². The van der Waals surface area contributed by atoms with Gasteiger partial charge in [0.1, 0.15) is 5.84 Å². The van der Waals surface area contributed by atoms with Gasteiger partial charge in [0.05, 0.1) is 28.3 Å². The molecule has 0 bridgehead atoms. The molecule has 3 rings (SSSR count). The fourth-order valence-electron chi connectivity index (χ4n) is 3.30. The number of rotatable bonds is 9. The van der Waals surface area contributed by atoms with Crippen molar-refractivity contribution in [1.82, 2.24) is 15.6 Å². The first-order chi connectivity index (χ1) is 16.4. The Bertz CT molecular complexity index is 1250. The van der Waals surface area contributed by atoms with Gasteiger partial charge in [-0.2, -0.15) is 0 Å². The number of aliphatic hydroxyl groups excluding tert-OH is 1. The molecule has 8 heteroatoms. The molecule has 0 spiro atoms. The number of carbonyl (C=O) groups excluding carboxylic acids is 1. The van der Waals surface area contributed by atoms with Crippen LogP contribution in [-0.4, -0.2) is 35.0 Å². The number of halogens is 1. The lowest BCUT2D eigenvalue weighted by Gasteiger charge is -2.15. The number of aliphatic hydroxyl groups is 1. The largest absolute Gasteiger partial charge is 0.396 e. The van der Waals surface area contributed by atoms with E-state index in [0.717, 1.165) is 27.7 Å². The van der Waals surface area contributed by atoms with Gasteiger partial charge in [-0.15, -0.1) is 0 Å². The van der Waals surface area contributed by atoms with Gasteiger partial charge in [0, 0.05) is 30.4 Å². The maximum atomic E-state index is 12.3. The minimum atomic E-state index is -0.289. The summed E-state index contributed by atoms with van der Waals surface area (Å²) in [5.41, 5.74) is 10.1. The zero-order valence-corrected chi connectivity index (χ0v) is 19.8. The summed E-state index contributed by atoms with van der Waals surface area (Å²) in [5.74, 6) is 0.157. The lowest BCUT2D eigenvalue weighted by Crippen LogP contribution is -2.28. The summed E-state index contributed by atoms with van der Waals surface area (Å²) in [6.45, 7) is 6.51. The third kappa shape index (κ3) is 6.43. The fourth-order valence-corrected chi connectivity index (χ4v) is 3.56. The molecule has 0 radical (unpaired) electrons. The molecule has 34 heavy (non-hydrogen) atoms. The van der Waals surface area contributed by atoms with E-state index in [4.69, 9.17) is 22.4 Å². The van der Waals surface area contributed by atoms with E-state index in [1.54, 1.807) is 24.4 Å². The van der Waals surface area contributed by atoms with Gasteiger partial charge in [0.2, 0.25) is 0 Å². The Balaban J connectivity index is 1.76. The molecule has 0 saturated heterocycles. The zero-order chi connectivity index (χ0) is 24.5. The second-order valence-electron chi connectivity index (χ2n) is 7.58. The SMILES string of the molecule is C=C(N)C(=NCc1ccc2ncccc2c1)N/C(=C\C)c1ccc(C(=O)NCCCO)c(Cl)c1. The Morgan fingerprint density at radius 3 is 2.79 bits per heavy atom. The van der Waals surface area contributed by atoms with Gasteiger partial charge >= 0.3 is 0 Å². The monoisotopic (exact) mass is 477 g/mol. The standard InChI is InChI=1S/C26H28ClN5O2/c1-3-23(20-8-9-21(22(27)15-20)26(34)30-12-5-13-33)32-25(17(2)28)31-16-18-7-10-24-19(14-18)6-4-11-29-24/h3-4,6-11,14-15,33H,2,5,12-13,16,28H2,1H3,(H,30,34)(H,31,32)/b23-3-. The van der Waals surface area contributed by atoms with Crippen LogP contribution in [0.3, 0.4) is 0 Å². The highest BCUT2D eigenvalue weighted by Gasteiger charge is 2.13. The fraction of sp³-hybridized carbons (Fsp3) is 0.192. The summed E-state index contributed by atoms with van der Waals surface area (Å²) < 4.78 is 0. The van der Waals surface area contributed by atoms with Crippen LogP contribution in [0.2, 0.25) is 5.02 Å². The summed E-state index contributed by atoms with van der Waals surface area (Å²) in [7, 11) is 0. The Morgan fingerprint density at radius 1 is 1.26 bits per heavy atom. The lowest BCUT2D eigenvalue weighted by atomic mass is 10.1. The smallest absolute Gasteiger partial charge is 0.252 e. The number of allylic oxidation sites excluding steroid dienone is 1. The number of benzene rings is 2. The Labute approximate surface area is 204 Å². The van der Waals surface area contributed by atoms with E-state index in [1.807, 2.05) is 43.3 Å². The molecule has 0 unspecified atom stereocenters. The Morgan fingerprint density at radius 2 is 2.09 bits per heavy atom. The molecule has 1 heterocycles. The van der Waals surface area contributed by atoms with Crippen LogP contribution in [0.5, 0.6) is 0 Å². The number of hydrogen-bond acceptors (Lipinski definition) is 5. The molecule has 5 N–H and O–H groups in total. The third-order valence-corrected chi connectivity index (χ3v) is 5.39. The highest BCUT2D eigenvalue weighted by molar-refractivity contribution is 6.34. The van der Waals surface area contributed by atoms with E-state index in [0.29, 0.717) is 41.6 Å². The number of carbonyl (C=O) groups is 1. The highest BCUT2D eigenvalue weighted by Crippen LogP contribution is 2.22. The van der Waals surface area contributed by atoms with Crippen molar-refractivity contribution in [3.8, 4) is 0 Å². The summed E-state index contributed by atoms with van der Waals surface area (Å²) in [4.78, 5) is 21.3. The first kappa shape index (κ1) is 25.0. The Kier molecular flexibility index (Phi) is 8.79. The first-order valence-corrected chi connectivity index (χ1v) is 11.3. The summed E-state index contributed by atoms with van der Waals surface area (Å²) >= 11 is 6.38. The first-order valence-electron chi connectivity index (χ1n) is 10.9. The molecule has 0 aliphatic carbocycles. The number of pyridine rings is 1. The minimum Gasteiger partial charge on any atom is -0.396 e.